The molecular formula is C21H22ClF3N4. The van der Waals surface area contributed by atoms with E-state index in [0.717, 1.165) is 19.3 Å². The summed E-state index contributed by atoms with van der Waals surface area (Å²) >= 11 is 6.47. The second-order valence-electron chi connectivity index (χ2n) is 7.87. The second kappa shape index (κ2) is 7.86. The van der Waals surface area contributed by atoms with E-state index in [-0.39, 0.29) is 22.2 Å². The first-order valence-corrected chi connectivity index (χ1v) is 10.2. The number of likely N-dealkylation sites (tertiary alicyclic amines) is 1. The molecule has 1 fully saturated rings. The molecule has 154 valence electrons. The summed E-state index contributed by atoms with van der Waals surface area (Å²) in [6.07, 6.45) is 6.31. The average molecular weight is 423 g/mol. The zero-order valence-electron chi connectivity index (χ0n) is 16.3. The molecule has 0 bridgehead atoms. The summed E-state index contributed by atoms with van der Waals surface area (Å²) in [7, 11) is 0. The second-order valence-corrected chi connectivity index (χ2v) is 8.22. The molecule has 1 atom stereocenters. The standard InChI is InChI=1S/C21H22ClF3N4/c1-12-5-7-28(8-6-12)21-19(18-15(24)9-14(23)10-16(18)25)20(22)27-17-4-3-13(2)11-26-29(17)21/h4,9-13H,3,5-8H2,1-2H3. The Morgan fingerprint density at radius 2 is 1.72 bits per heavy atom. The summed E-state index contributed by atoms with van der Waals surface area (Å²) in [5.41, 5.74) is -0.291. The minimum atomic E-state index is -1.02. The van der Waals surface area contributed by atoms with Gasteiger partial charge < -0.3 is 4.90 Å². The highest BCUT2D eigenvalue weighted by Crippen LogP contribution is 2.39. The Morgan fingerprint density at radius 3 is 2.38 bits per heavy atom. The molecule has 4 rings (SSSR count). The zero-order chi connectivity index (χ0) is 20.7. The SMILES string of the molecule is CC1C=NN2C(=CC1)N=C(Cl)C(c1c(F)cc(F)cc1F)=C2N1CCC(C)CC1. The van der Waals surface area contributed by atoms with Gasteiger partial charge in [-0.05, 0) is 37.2 Å². The maximum absolute atomic E-state index is 14.7. The van der Waals surface area contributed by atoms with E-state index in [2.05, 4.69) is 17.0 Å². The molecule has 1 aromatic carbocycles. The van der Waals surface area contributed by atoms with Crippen LogP contribution in [0, 0.1) is 29.3 Å². The van der Waals surface area contributed by atoms with E-state index >= 15 is 0 Å². The number of nitrogens with zero attached hydrogens (tertiary/aromatic N) is 4. The van der Waals surface area contributed by atoms with Gasteiger partial charge in [-0.2, -0.15) is 10.1 Å². The first-order valence-electron chi connectivity index (χ1n) is 9.78. The number of aliphatic imine (C=N–C) groups is 1. The summed E-state index contributed by atoms with van der Waals surface area (Å²) in [6.45, 7) is 5.60. The van der Waals surface area contributed by atoms with Crippen molar-refractivity contribution in [2.24, 2.45) is 21.9 Å². The molecule has 29 heavy (non-hydrogen) atoms. The number of piperidine rings is 1. The first kappa shape index (κ1) is 20.0. The monoisotopic (exact) mass is 422 g/mol. The molecule has 0 radical (unpaired) electrons. The molecule has 0 N–H and O–H groups in total. The smallest absolute Gasteiger partial charge is 0.153 e. The summed E-state index contributed by atoms with van der Waals surface area (Å²) in [4.78, 5) is 6.40. The third kappa shape index (κ3) is 3.80. The van der Waals surface area contributed by atoms with E-state index in [4.69, 9.17) is 11.6 Å². The number of halogens is 4. The molecule has 3 heterocycles. The van der Waals surface area contributed by atoms with Crippen LogP contribution in [0.2, 0.25) is 0 Å². The van der Waals surface area contributed by atoms with Crippen molar-refractivity contribution in [2.45, 2.75) is 33.1 Å². The van der Waals surface area contributed by atoms with Crippen LogP contribution in [-0.4, -0.2) is 34.4 Å². The molecule has 4 nitrogen and oxygen atoms in total. The number of fused-ring (bicyclic) bond motifs is 1. The maximum Gasteiger partial charge on any atom is 0.153 e. The quantitative estimate of drug-likeness (QED) is 0.645. The van der Waals surface area contributed by atoms with Crippen LogP contribution in [0.3, 0.4) is 0 Å². The van der Waals surface area contributed by atoms with Crippen molar-refractivity contribution in [2.75, 3.05) is 13.1 Å². The number of hydrogen-bond acceptors (Lipinski definition) is 4. The van der Waals surface area contributed by atoms with E-state index in [0.29, 0.717) is 42.8 Å². The topological polar surface area (TPSA) is 31.2 Å². The van der Waals surface area contributed by atoms with Gasteiger partial charge in [-0.25, -0.2) is 18.2 Å². The Morgan fingerprint density at radius 1 is 1.07 bits per heavy atom. The minimum Gasteiger partial charge on any atom is -0.356 e. The molecule has 0 saturated carbocycles. The van der Waals surface area contributed by atoms with Crippen molar-refractivity contribution in [3.63, 3.8) is 0 Å². The van der Waals surface area contributed by atoms with Crippen molar-refractivity contribution in [1.29, 1.82) is 0 Å². The Hall–Kier alpha value is -2.28. The van der Waals surface area contributed by atoms with Gasteiger partial charge in [0.2, 0.25) is 0 Å². The van der Waals surface area contributed by atoms with E-state index in [1.807, 2.05) is 17.9 Å². The van der Waals surface area contributed by atoms with Gasteiger partial charge in [0.25, 0.3) is 0 Å². The van der Waals surface area contributed by atoms with Gasteiger partial charge in [0.05, 0.1) is 11.1 Å². The number of hydrogen-bond donors (Lipinski definition) is 0. The van der Waals surface area contributed by atoms with Crippen molar-refractivity contribution < 1.29 is 13.2 Å². The Balaban J connectivity index is 1.94. The number of allylic oxidation sites excluding steroid dienone is 2. The van der Waals surface area contributed by atoms with Crippen LogP contribution in [0.25, 0.3) is 5.57 Å². The number of benzene rings is 1. The van der Waals surface area contributed by atoms with E-state index < -0.39 is 17.5 Å². The average Bonchev–Trinajstić information content (AvgIpc) is 2.84. The fraction of sp³-hybridized carbons (Fsp3) is 0.429. The van der Waals surface area contributed by atoms with E-state index in [9.17, 15) is 13.2 Å². The molecular weight excluding hydrogens is 401 g/mol. The lowest BCUT2D eigenvalue weighted by atomic mass is 9.97. The van der Waals surface area contributed by atoms with Gasteiger partial charge in [0, 0.05) is 31.4 Å². The lowest BCUT2D eigenvalue weighted by Crippen LogP contribution is -2.40. The predicted octanol–water partition coefficient (Wildman–Crippen LogP) is 5.32. The lowest BCUT2D eigenvalue weighted by molar-refractivity contribution is 0.184. The molecule has 0 spiro atoms. The highest BCUT2D eigenvalue weighted by atomic mass is 35.5. The fourth-order valence-corrected chi connectivity index (χ4v) is 4.06. The summed E-state index contributed by atoms with van der Waals surface area (Å²) in [5, 5.41) is 6.11. The Kier molecular flexibility index (Phi) is 5.42. The van der Waals surface area contributed by atoms with Crippen molar-refractivity contribution in [3.05, 3.63) is 52.9 Å². The summed E-state index contributed by atoms with van der Waals surface area (Å²) in [6, 6.07) is 1.31. The zero-order valence-corrected chi connectivity index (χ0v) is 17.1. The van der Waals surface area contributed by atoms with Gasteiger partial charge in [0.1, 0.15) is 28.4 Å². The van der Waals surface area contributed by atoms with Gasteiger partial charge in [0.15, 0.2) is 5.82 Å². The van der Waals surface area contributed by atoms with E-state index in [1.165, 1.54) is 0 Å². The van der Waals surface area contributed by atoms with Crippen LogP contribution in [0.5, 0.6) is 0 Å². The molecule has 3 aliphatic rings. The molecule has 1 saturated heterocycles. The minimum absolute atomic E-state index is 0.0321. The molecule has 1 aromatic rings. The summed E-state index contributed by atoms with van der Waals surface area (Å²) < 4.78 is 43.0. The van der Waals surface area contributed by atoms with Crippen LogP contribution in [0.1, 0.15) is 38.7 Å². The first-order chi connectivity index (χ1) is 13.8. The normalized spacial score (nSPS) is 23.0. The highest BCUT2D eigenvalue weighted by Gasteiger charge is 2.35. The molecule has 3 aliphatic heterocycles. The highest BCUT2D eigenvalue weighted by molar-refractivity contribution is 6.76. The summed E-state index contributed by atoms with van der Waals surface area (Å²) in [5.74, 6) is -1.27. The van der Waals surface area contributed by atoms with Crippen molar-refractivity contribution >= 4 is 28.6 Å². The Labute approximate surface area is 173 Å². The van der Waals surface area contributed by atoms with E-state index in [1.54, 1.807) is 11.2 Å². The van der Waals surface area contributed by atoms with Gasteiger partial charge in [-0.15, -0.1) is 0 Å². The lowest BCUT2D eigenvalue weighted by Gasteiger charge is -2.40. The molecule has 1 unspecified atom stereocenters. The largest absolute Gasteiger partial charge is 0.356 e. The van der Waals surface area contributed by atoms with Gasteiger partial charge >= 0.3 is 0 Å². The van der Waals surface area contributed by atoms with Crippen molar-refractivity contribution in [1.82, 2.24) is 9.91 Å². The third-order valence-corrected chi connectivity index (χ3v) is 5.78. The predicted molar refractivity (Wildman–Crippen MR) is 109 cm³/mol. The number of hydrazone groups is 1. The van der Waals surface area contributed by atoms with Crippen molar-refractivity contribution in [3.8, 4) is 0 Å². The number of rotatable bonds is 2. The van der Waals surface area contributed by atoms with Crippen LogP contribution < -0.4 is 0 Å². The molecule has 8 heteroatoms. The fourth-order valence-electron chi connectivity index (χ4n) is 3.80. The maximum atomic E-state index is 14.7. The van der Waals surface area contributed by atoms with Crippen LogP contribution >= 0.6 is 11.6 Å². The van der Waals surface area contributed by atoms with Crippen LogP contribution in [0.4, 0.5) is 13.2 Å². The van der Waals surface area contributed by atoms with Crippen LogP contribution in [0.15, 0.2) is 39.9 Å². The van der Waals surface area contributed by atoms with Gasteiger partial charge in [-0.3, -0.25) is 0 Å². The molecule has 0 aromatic heterocycles. The third-order valence-electron chi connectivity index (χ3n) is 5.51. The van der Waals surface area contributed by atoms with Gasteiger partial charge in [-0.1, -0.05) is 25.4 Å². The molecule has 0 amide bonds. The Bertz CT molecular complexity index is 922. The molecule has 0 aliphatic carbocycles. The van der Waals surface area contributed by atoms with Crippen LogP contribution in [-0.2, 0) is 0 Å².